The molecule has 0 amide bonds. The molecule has 0 saturated carbocycles. The van der Waals surface area contributed by atoms with Crippen molar-refractivity contribution in [2.24, 2.45) is 0 Å². The van der Waals surface area contributed by atoms with E-state index in [1.54, 1.807) is 6.33 Å². The Morgan fingerprint density at radius 1 is 1.47 bits per heavy atom. The van der Waals surface area contributed by atoms with E-state index in [0.29, 0.717) is 24.6 Å². The quantitative estimate of drug-likeness (QED) is 0.849. The molecule has 0 aromatic carbocycles. The summed E-state index contributed by atoms with van der Waals surface area (Å²) in [6, 6.07) is 2.90. The number of anilines is 1. The molecule has 1 atom stereocenters. The highest BCUT2D eigenvalue weighted by Gasteiger charge is 2.21. The number of nitrogens with one attached hydrogen (secondary N) is 1. The zero-order valence-electron chi connectivity index (χ0n) is 12.1. The standard InChI is InChI=1S/C14H24N4O/c1-4-19-14-8-13(16-10-17-14)18(11(2)3)9-12-6-5-7-15-12/h8,10-12,15H,4-7,9H2,1-3H3. The lowest BCUT2D eigenvalue weighted by molar-refractivity contribution is 0.326. The van der Waals surface area contributed by atoms with Gasteiger partial charge in [0.1, 0.15) is 12.1 Å². The van der Waals surface area contributed by atoms with E-state index in [1.807, 2.05) is 13.0 Å². The lowest BCUT2D eigenvalue weighted by atomic mass is 10.2. The van der Waals surface area contributed by atoms with Gasteiger partial charge in [0.15, 0.2) is 0 Å². The van der Waals surface area contributed by atoms with Crippen LogP contribution in [0.4, 0.5) is 5.82 Å². The Hall–Kier alpha value is -1.36. The van der Waals surface area contributed by atoms with Gasteiger partial charge in [0, 0.05) is 24.7 Å². The molecule has 0 bridgehead atoms. The van der Waals surface area contributed by atoms with Crippen molar-refractivity contribution in [3.8, 4) is 5.88 Å². The van der Waals surface area contributed by atoms with Gasteiger partial charge in [0.05, 0.1) is 6.61 Å². The Balaban J connectivity index is 2.10. The fourth-order valence-corrected chi connectivity index (χ4v) is 2.43. The summed E-state index contributed by atoms with van der Waals surface area (Å²) in [4.78, 5) is 10.8. The molecule has 1 N–H and O–H groups in total. The second-order valence-corrected chi connectivity index (χ2v) is 5.19. The van der Waals surface area contributed by atoms with Gasteiger partial charge in [-0.15, -0.1) is 0 Å². The molecule has 19 heavy (non-hydrogen) atoms. The minimum absolute atomic E-state index is 0.409. The van der Waals surface area contributed by atoms with Crippen molar-refractivity contribution < 1.29 is 4.74 Å². The van der Waals surface area contributed by atoms with Gasteiger partial charge in [-0.1, -0.05) is 0 Å². The monoisotopic (exact) mass is 264 g/mol. The summed E-state index contributed by atoms with van der Waals surface area (Å²) in [6.07, 6.45) is 4.09. The van der Waals surface area contributed by atoms with Crippen molar-refractivity contribution in [1.82, 2.24) is 15.3 Å². The lowest BCUT2D eigenvalue weighted by Crippen LogP contribution is -2.41. The van der Waals surface area contributed by atoms with Crippen LogP contribution in [0.25, 0.3) is 0 Å². The van der Waals surface area contributed by atoms with Gasteiger partial charge in [-0.05, 0) is 40.2 Å². The fourth-order valence-electron chi connectivity index (χ4n) is 2.43. The Morgan fingerprint density at radius 2 is 2.32 bits per heavy atom. The normalized spacial score (nSPS) is 18.8. The average Bonchev–Trinajstić information content (AvgIpc) is 2.89. The smallest absolute Gasteiger partial charge is 0.218 e. The minimum atomic E-state index is 0.409. The summed E-state index contributed by atoms with van der Waals surface area (Å²) in [5.41, 5.74) is 0. The molecule has 2 rings (SSSR count). The maximum atomic E-state index is 5.45. The van der Waals surface area contributed by atoms with Crippen molar-refractivity contribution in [3.05, 3.63) is 12.4 Å². The van der Waals surface area contributed by atoms with Crippen LogP contribution in [0, 0.1) is 0 Å². The molecule has 1 aromatic heterocycles. The van der Waals surface area contributed by atoms with E-state index in [-0.39, 0.29) is 0 Å². The first-order valence-corrected chi connectivity index (χ1v) is 7.15. The van der Waals surface area contributed by atoms with Crippen molar-refractivity contribution in [2.45, 2.75) is 45.7 Å². The Kier molecular flexibility index (Phi) is 4.96. The van der Waals surface area contributed by atoms with E-state index >= 15 is 0 Å². The molecule has 1 aliphatic rings. The van der Waals surface area contributed by atoms with Crippen LogP contribution in [-0.4, -0.2) is 41.7 Å². The summed E-state index contributed by atoms with van der Waals surface area (Å²) >= 11 is 0. The molecule has 5 heteroatoms. The number of hydrogen-bond donors (Lipinski definition) is 1. The van der Waals surface area contributed by atoms with E-state index in [9.17, 15) is 0 Å². The van der Waals surface area contributed by atoms with Crippen molar-refractivity contribution >= 4 is 5.82 Å². The topological polar surface area (TPSA) is 50.3 Å². The van der Waals surface area contributed by atoms with Gasteiger partial charge < -0.3 is 15.0 Å². The number of rotatable bonds is 6. The first-order valence-electron chi connectivity index (χ1n) is 7.15. The van der Waals surface area contributed by atoms with Crippen LogP contribution in [0.3, 0.4) is 0 Å². The van der Waals surface area contributed by atoms with Gasteiger partial charge >= 0.3 is 0 Å². The van der Waals surface area contributed by atoms with E-state index < -0.39 is 0 Å². The third-order valence-corrected chi connectivity index (χ3v) is 3.42. The van der Waals surface area contributed by atoms with E-state index in [0.717, 1.165) is 18.9 Å². The van der Waals surface area contributed by atoms with Crippen LogP contribution >= 0.6 is 0 Å². The molecule has 0 radical (unpaired) electrons. The molecule has 0 aliphatic carbocycles. The first-order chi connectivity index (χ1) is 9.20. The highest BCUT2D eigenvalue weighted by molar-refractivity contribution is 5.42. The third-order valence-electron chi connectivity index (χ3n) is 3.42. The van der Waals surface area contributed by atoms with Gasteiger partial charge in [0.2, 0.25) is 5.88 Å². The molecule has 1 saturated heterocycles. The van der Waals surface area contributed by atoms with Gasteiger partial charge in [-0.3, -0.25) is 0 Å². The van der Waals surface area contributed by atoms with Crippen molar-refractivity contribution in [2.75, 3.05) is 24.6 Å². The van der Waals surface area contributed by atoms with Gasteiger partial charge in [-0.2, -0.15) is 0 Å². The Morgan fingerprint density at radius 3 is 2.95 bits per heavy atom. The van der Waals surface area contributed by atoms with Crippen LogP contribution in [0.15, 0.2) is 12.4 Å². The largest absolute Gasteiger partial charge is 0.478 e. The maximum Gasteiger partial charge on any atom is 0.218 e. The minimum Gasteiger partial charge on any atom is -0.478 e. The molecule has 106 valence electrons. The summed E-state index contributed by atoms with van der Waals surface area (Å²) in [7, 11) is 0. The van der Waals surface area contributed by atoms with E-state index in [1.165, 1.54) is 12.8 Å². The molecule has 2 heterocycles. The van der Waals surface area contributed by atoms with E-state index in [2.05, 4.69) is 34.0 Å². The summed E-state index contributed by atoms with van der Waals surface area (Å²) in [6.45, 7) is 9.09. The van der Waals surface area contributed by atoms with E-state index in [4.69, 9.17) is 4.74 Å². The number of ether oxygens (including phenoxy) is 1. The van der Waals surface area contributed by atoms with Crippen molar-refractivity contribution in [3.63, 3.8) is 0 Å². The number of aromatic nitrogens is 2. The second kappa shape index (κ2) is 6.70. The van der Waals surface area contributed by atoms with Crippen LogP contribution in [-0.2, 0) is 0 Å². The Labute approximate surface area is 115 Å². The lowest BCUT2D eigenvalue weighted by Gasteiger charge is -2.30. The number of nitrogens with zero attached hydrogens (tertiary/aromatic N) is 3. The maximum absolute atomic E-state index is 5.45. The first kappa shape index (κ1) is 14.1. The predicted octanol–water partition coefficient (Wildman–Crippen LogP) is 1.84. The van der Waals surface area contributed by atoms with Gasteiger partial charge in [-0.25, -0.2) is 9.97 Å². The third kappa shape index (κ3) is 3.80. The van der Waals surface area contributed by atoms with Crippen LogP contribution in [0.1, 0.15) is 33.6 Å². The van der Waals surface area contributed by atoms with Crippen LogP contribution < -0.4 is 15.0 Å². The summed E-state index contributed by atoms with van der Waals surface area (Å²) in [5, 5.41) is 3.54. The highest BCUT2D eigenvalue weighted by Crippen LogP contribution is 2.20. The van der Waals surface area contributed by atoms with Crippen LogP contribution in [0.5, 0.6) is 5.88 Å². The molecule has 1 fully saturated rings. The molecular weight excluding hydrogens is 240 g/mol. The zero-order chi connectivity index (χ0) is 13.7. The molecule has 5 nitrogen and oxygen atoms in total. The zero-order valence-corrected chi connectivity index (χ0v) is 12.1. The SMILES string of the molecule is CCOc1cc(N(CC2CCCN2)C(C)C)ncn1. The number of hydrogen-bond acceptors (Lipinski definition) is 5. The Bertz CT molecular complexity index is 391. The molecular formula is C14H24N4O. The second-order valence-electron chi connectivity index (χ2n) is 5.19. The van der Waals surface area contributed by atoms with Crippen molar-refractivity contribution in [1.29, 1.82) is 0 Å². The fraction of sp³-hybridized carbons (Fsp3) is 0.714. The molecule has 0 spiro atoms. The van der Waals surface area contributed by atoms with Crippen LogP contribution in [0.2, 0.25) is 0 Å². The predicted molar refractivity (Wildman–Crippen MR) is 76.7 cm³/mol. The van der Waals surface area contributed by atoms with Gasteiger partial charge in [0.25, 0.3) is 0 Å². The summed E-state index contributed by atoms with van der Waals surface area (Å²) in [5.74, 6) is 1.60. The highest BCUT2D eigenvalue weighted by atomic mass is 16.5. The molecule has 1 aliphatic heterocycles. The molecule has 1 aromatic rings. The average molecular weight is 264 g/mol. The summed E-state index contributed by atoms with van der Waals surface area (Å²) < 4.78 is 5.45. The molecule has 1 unspecified atom stereocenters.